The minimum absolute atomic E-state index is 0.0662. The number of anilines is 1. The van der Waals surface area contributed by atoms with E-state index < -0.39 is 11.9 Å². The molecule has 3 amide bonds. The molecule has 2 fully saturated rings. The van der Waals surface area contributed by atoms with Crippen molar-refractivity contribution < 1.29 is 23.5 Å². The number of hydrogen-bond acceptors (Lipinski definition) is 9. The van der Waals surface area contributed by atoms with E-state index in [1.54, 1.807) is 23.6 Å². The van der Waals surface area contributed by atoms with Crippen molar-refractivity contribution in [3.05, 3.63) is 100 Å². The number of nitrogens with two attached hydrogens (primary N) is 2. The van der Waals surface area contributed by atoms with Crippen LogP contribution in [0.25, 0.3) is 38.6 Å². The number of rotatable bonds is 10. The summed E-state index contributed by atoms with van der Waals surface area (Å²) >= 11 is 0. The molecule has 2 aromatic heterocycles. The number of benzene rings is 3. The fourth-order valence-electron chi connectivity index (χ4n) is 9.11. The fourth-order valence-corrected chi connectivity index (χ4v) is 9.11. The Kier molecular flexibility index (Phi) is 10.8. The van der Waals surface area contributed by atoms with Crippen molar-refractivity contribution in [2.24, 2.45) is 18.6 Å². The highest BCUT2D eigenvalue weighted by molar-refractivity contribution is 6.01. The molecule has 2 saturated heterocycles. The molecule has 0 saturated carbocycles. The number of hydrazine groups is 1. The highest BCUT2D eigenvalue weighted by atomic mass is 19.1. The summed E-state index contributed by atoms with van der Waals surface area (Å²) in [6.07, 6.45) is 7.83. The van der Waals surface area contributed by atoms with Crippen LogP contribution in [-0.4, -0.2) is 81.6 Å². The third-order valence-corrected chi connectivity index (χ3v) is 12.1. The molecule has 15 heteroatoms. The molecule has 6 N–H and O–H groups in total. The summed E-state index contributed by atoms with van der Waals surface area (Å²) < 4.78 is 25.6. The van der Waals surface area contributed by atoms with Gasteiger partial charge in [0.1, 0.15) is 11.8 Å². The molecule has 1 unspecified atom stereocenters. The molecule has 1 atom stereocenters. The lowest BCUT2D eigenvalue weighted by Gasteiger charge is -2.34. The summed E-state index contributed by atoms with van der Waals surface area (Å²) in [4.78, 5) is 58.6. The number of aromatic nitrogens is 3. The van der Waals surface area contributed by atoms with Crippen LogP contribution in [0.2, 0.25) is 0 Å². The van der Waals surface area contributed by atoms with Crippen LogP contribution in [0.3, 0.4) is 0 Å². The first-order valence-electron chi connectivity index (χ1n) is 20.1. The van der Waals surface area contributed by atoms with Gasteiger partial charge in [-0.2, -0.15) is 0 Å². The number of methoxy groups -OCH3 is 1. The Balaban J connectivity index is 1.04. The second-order valence-electron chi connectivity index (χ2n) is 15.7. The SMILES string of the molecule is COc1cc(C2CCN(c3cccc4c3n(C)c(=O)n4C3CCC(=O)NC3=O)CC2)ccc1-c1cc(C2=CCCN(C(=O)CCN(N)/C=C\N)C2)c(F)c2[nH]c(C)cc12. The highest BCUT2D eigenvalue weighted by Gasteiger charge is 2.33. The molecule has 0 aliphatic carbocycles. The molecular weight excluding hydrogens is 754 g/mol. The van der Waals surface area contributed by atoms with Crippen molar-refractivity contribution in [3.63, 3.8) is 0 Å². The molecule has 3 aromatic carbocycles. The first kappa shape index (κ1) is 39.5. The second kappa shape index (κ2) is 16.1. The standard InChI is InChI=1S/C44H50FN9O5/c1-26-22-33-32(24-31(40(45)41(33)48-26)29-6-5-17-52(25-29)39(56)15-20-53(47)21-16-46)30-10-9-28(23-37(30)59-3)27-13-18-51(19-14-27)34-7-4-8-35-42(34)50(2)44(58)54(35)36-11-12-38(55)49-43(36)57/h4,6-10,16,21-24,27,36,48H,5,11-15,17-20,25,46-47H2,1-3H3,(H,49,55,57)/b21-16-. The summed E-state index contributed by atoms with van der Waals surface area (Å²) in [6.45, 7) is 4.54. The van der Waals surface area contributed by atoms with E-state index >= 15 is 4.39 Å². The van der Waals surface area contributed by atoms with Gasteiger partial charge in [-0.15, -0.1) is 0 Å². The van der Waals surface area contributed by atoms with Crippen molar-refractivity contribution in [3.8, 4) is 16.9 Å². The Hall–Kier alpha value is -6.35. The predicted octanol–water partition coefficient (Wildman–Crippen LogP) is 4.92. The first-order valence-corrected chi connectivity index (χ1v) is 20.1. The average molecular weight is 804 g/mol. The maximum Gasteiger partial charge on any atom is 0.329 e. The molecule has 0 spiro atoms. The zero-order valence-electron chi connectivity index (χ0n) is 33.6. The molecule has 59 heavy (non-hydrogen) atoms. The van der Waals surface area contributed by atoms with Crippen LogP contribution in [-0.2, 0) is 21.4 Å². The van der Waals surface area contributed by atoms with Crippen molar-refractivity contribution in [1.82, 2.24) is 29.3 Å². The molecule has 8 rings (SSSR count). The summed E-state index contributed by atoms with van der Waals surface area (Å²) in [5.41, 5.74) is 12.7. The molecular formula is C44H50FN9O5. The topological polar surface area (TPSA) is 177 Å². The van der Waals surface area contributed by atoms with Crippen molar-refractivity contribution in [1.29, 1.82) is 0 Å². The minimum Gasteiger partial charge on any atom is -0.496 e. The fraction of sp³-hybridized carbons (Fsp3) is 0.364. The van der Waals surface area contributed by atoms with E-state index in [0.717, 1.165) is 70.5 Å². The number of fused-ring (bicyclic) bond motifs is 2. The summed E-state index contributed by atoms with van der Waals surface area (Å²) in [6, 6.07) is 15.2. The van der Waals surface area contributed by atoms with Gasteiger partial charge >= 0.3 is 5.69 Å². The van der Waals surface area contributed by atoms with Gasteiger partial charge in [0.15, 0.2) is 5.82 Å². The van der Waals surface area contributed by atoms with Gasteiger partial charge < -0.3 is 30.3 Å². The van der Waals surface area contributed by atoms with Gasteiger partial charge in [0.05, 0.1) is 29.3 Å². The number of H-pyrrole nitrogens is 1. The largest absolute Gasteiger partial charge is 0.496 e. The number of nitrogens with zero attached hydrogens (tertiary/aromatic N) is 5. The van der Waals surface area contributed by atoms with E-state index in [4.69, 9.17) is 16.3 Å². The number of piperidine rings is 2. The van der Waals surface area contributed by atoms with Crippen LogP contribution in [0.4, 0.5) is 10.1 Å². The zero-order valence-corrected chi connectivity index (χ0v) is 33.6. The molecule has 308 valence electrons. The van der Waals surface area contributed by atoms with Gasteiger partial charge in [0, 0.05) is 87.2 Å². The van der Waals surface area contributed by atoms with Crippen LogP contribution in [0, 0.1) is 12.7 Å². The number of aryl methyl sites for hydroxylation is 2. The molecule has 0 bridgehead atoms. The smallest absolute Gasteiger partial charge is 0.329 e. The van der Waals surface area contributed by atoms with E-state index in [2.05, 4.69) is 33.4 Å². The monoisotopic (exact) mass is 803 g/mol. The van der Waals surface area contributed by atoms with Crippen LogP contribution in [0.5, 0.6) is 5.75 Å². The lowest BCUT2D eigenvalue weighted by molar-refractivity contribution is -0.136. The zero-order chi connectivity index (χ0) is 41.5. The van der Waals surface area contributed by atoms with Crippen molar-refractivity contribution >= 4 is 50.9 Å². The molecule has 14 nitrogen and oxygen atoms in total. The number of aromatic amines is 1. The van der Waals surface area contributed by atoms with Gasteiger partial charge in [0.2, 0.25) is 17.7 Å². The van der Waals surface area contributed by atoms with Gasteiger partial charge in [-0.1, -0.05) is 24.3 Å². The van der Waals surface area contributed by atoms with E-state index in [1.807, 2.05) is 43.3 Å². The number of nitrogens with one attached hydrogen (secondary N) is 2. The predicted molar refractivity (Wildman–Crippen MR) is 226 cm³/mol. The average Bonchev–Trinajstić information content (AvgIpc) is 3.76. The highest BCUT2D eigenvalue weighted by Crippen LogP contribution is 2.43. The molecule has 5 aromatic rings. The summed E-state index contributed by atoms with van der Waals surface area (Å²) in [7, 11) is 3.38. The van der Waals surface area contributed by atoms with Crippen molar-refractivity contribution in [2.45, 2.75) is 57.4 Å². The molecule has 0 radical (unpaired) electrons. The van der Waals surface area contributed by atoms with Crippen LogP contribution in [0.15, 0.2) is 71.8 Å². The number of imidazole rings is 1. The number of halogens is 1. The lowest BCUT2D eigenvalue weighted by atomic mass is 9.87. The number of carbonyl (C=O) groups is 3. The van der Waals surface area contributed by atoms with E-state index in [9.17, 15) is 19.2 Å². The second-order valence-corrected chi connectivity index (χ2v) is 15.7. The Labute approximate surface area is 340 Å². The maximum atomic E-state index is 16.4. The first-order chi connectivity index (χ1) is 28.5. The molecule has 3 aliphatic rings. The van der Waals surface area contributed by atoms with Crippen LogP contribution >= 0.6 is 0 Å². The lowest BCUT2D eigenvalue weighted by Crippen LogP contribution is -2.44. The number of carbonyl (C=O) groups excluding carboxylic acids is 3. The number of amides is 3. The Morgan fingerprint density at radius 2 is 1.83 bits per heavy atom. The Morgan fingerprint density at radius 3 is 2.58 bits per heavy atom. The quantitative estimate of drug-likeness (QED) is 0.0868. The summed E-state index contributed by atoms with van der Waals surface area (Å²) in [5, 5.41) is 4.50. The molecule has 5 heterocycles. The number of para-hydroxylation sites is 1. The van der Waals surface area contributed by atoms with Gasteiger partial charge in [-0.05, 0) is 85.6 Å². The number of imide groups is 1. The van der Waals surface area contributed by atoms with Crippen molar-refractivity contribution in [2.75, 3.05) is 44.7 Å². The van der Waals surface area contributed by atoms with E-state index in [-0.39, 0.29) is 55.0 Å². The van der Waals surface area contributed by atoms with Gasteiger partial charge in [-0.25, -0.2) is 15.0 Å². The van der Waals surface area contributed by atoms with Crippen LogP contribution in [0.1, 0.15) is 67.3 Å². The number of ether oxygens (including phenoxy) is 1. The maximum absolute atomic E-state index is 16.4. The minimum atomic E-state index is -0.744. The van der Waals surface area contributed by atoms with Gasteiger partial charge in [-0.3, -0.25) is 28.8 Å². The number of hydrogen-bond donors (Lipinski definition) is 4. The molecule has 3 aliphatic heterocycles. The summed E-state index contributed by atoms with van der Waals surface area (Å²) in [5.74, 6) is 5.61. The normalized spacial score (nSPS) is 17.9. The third-order valence-electron chi connectivity index (χ3n) is 12.1. The Bertz CT molecular complexity index is 2600. The van der Waals surface area contributed by atoms with Gasteiger partial charge in [0.25, 0.3) is 0 Å². The third kappa shape index (κ3) is 7.35. The van der Waals surface area contributed by atoms with Crippen LogP contribution < -0.4 is 32.2 Å². The van der Waals surface area contributed by atoms with E-state index in [0.29, 0.717) is 41.9 Å². The van der Waals surface area contributed by atoms with E-state index in [1.165, 1.54) is 22.0 Å². The Morgan fingerprint density at radius 1 is 1.03 bits per heavy atom.